The van der Waals surface area contributed by atoms with Crippen LogP contribution >= 0.6 is 15.9 Å². The van der Waals surface area contributed by atoms with E-state index in [-0.39, 0.29) is 0 Å². The lowest BCUT2D eigenvalue weighted by atomic mass is 9.96. The van der Waals surface area contributed by atoms with Crippen LogP contribution in [-0.2, 0) is 0 Å². The molecule has 92 valence electrons. The SMILES string of the molecule is CCCCCCC(C)C(Br)CCCCC. The largest absolute Gasteiger partial charge is 0.0888 e. The van der Waals surface area contributed by atoms with Gasteiger partial charge in [-0.15, -0.1) is 0 Å². The lowest BCUT2D eigenvalue weighted by Gasteiger charge is -2.18. The van der Waals surface area contributed by atoms with Crippen LogP contribution in [0.15, 0.2) is 0 Å². The summed E-state index contributed by atoms with van der Waals surface area (Å²) in [5.41, 5.74) is 0. The first kappa shape index (κ1) is 15.5. The summed E-state index contributed by atoms with van der Waals surface area (Å²) < 4.78 is 0. The highest BCUT2D eigenvalue weighted by atomic mass is 79.9. The van der Waals surface area contributed by atoms with Crippen LogP contribution in [-0.4, -0.2) is 4.83 Å². The molecule has 0 aromatic heterocycles. The normalized spacial score (nSPS) is 15.2. The third-order valence-corrected chi connectivity index (χ3v) is 4.57. The molecule has 0 heterocycles. The van der Waals surface area contributed by atoms with Gasteiger partial charge in [-0.05, 0) is 18.8 Å². The Bertz CT molecular complexity index is 123. The molecule has 1 heteroatoms. The lowest BCUT2D eigenvalue weighted by Crippen LogP contribution is -2.10. The van der Waals surface area contributed by atoms with Crippen molar-refractivity contribution in [1.82, 2.24) is 0 Å². The Balaban J connectivity index is 3.38. The zero-order chi connectivity index (χ0) is 11.5. The van der Waals surface area contributed by atoms with Gasteiger partial charge in [0.2, 0.25) is 0 Å². The van der Waals surface area contributed by atoms with E-state index in [0.717, 1.165) is 10.7 Å². The van der Waals surface area contributed by atoms with E-state index in [4.69, 9.17) is 0 Å². The molecule has 0 aliphatic rings. The summed E-state index contributed by atoms with van der Waals surface area (Å²) in [7, 11) is 0. The van der Waals surface area contributed by atoms with Gasteiger partial charge in [0.25, 0.3) is 0 Å². The van der Waals surface area contributed by atoms with Crippen molar-refractivity contribution in [3.8, 4) is 0 Å². The maximum absolute atomic E-state index is 3.84. The zero-order valence-electron chi connectivity index (χ0n) is 10.9. The maximum Gasteiger partial charge on any atom is 0.0171 e. The average Bonchev–Trinajstić information content (AvgIpc) is 2.24. The van der Waals surface area contributed by atoms with Crippen molar-refractivity contribution in [1.29, 1.82) is 0 Å². The Morgan fingerprint density at radius 1 is 0.800 bits per heavy atom. The van der Waals surface area contributed by atoms with Crippen molar-refractivity contribution < 1.29 is 0 Å². The van der Waals surface area contributed by atoms with E-state index in [1.54, 1.807) is 0 Å². The smallest absolute Gasteiger partial charge is 0.0171 e. The molecule has 0 aromatic rings. The van der Waals surface area contributed by atoms with Gasteiger partial charge in [-0.1, -0.05) is 81.6 Å². The topological polar surface area (TPSA) is 0 Å². The fourth-order valence-electron chi connectivity index (χ4n) is 1.95. The van der Waals surface area contributed by atoms with Gasteiger partial charge >= 0.3 is 0 Å². The van der Waals surface area contributed by atoms with Crippen LogP contribution in [0, 0.1) is 5.92 Å². The molecule has 0 saturated carbocycles. The predicted octanol–water partition coefficient (Wildman–Crippen LogP) is 5.94. The summed E-state index contributed by atoms with van der Waals surface area (Å²) in [4.78, 5) is 0.755. The summed E-state index contributed by atoms with van der Waals surface area (Å²) in [6, 6.07) is 0. The third-order valence-electron chi connectivity index (χ3n) is 3.21. The molecule has 0 N–H and O–H groups in total. The van der Waals surface area contributed by atoms with Gasteiger partial charge in [-0.3, -0.25) is 0 Å². The van der Waals surface area contributed by atoms with Crippen molar-refractivity contribution in [3.63, 3.8) is 0 Å². The lowest BCUT2D eigenvalue weighted by molar-refractivity contribution is 0.453. The summed E-state index contributed by atoms with van der Waals surface area (Å²) in [5.74, 6) is 0.860. The first-order chi connectivity index (χ1) is 7.22. The van der Waals surface area contributed by atoms with Gasteiger partial charge in [-0.25, -0.2) is 0 Å². The molecule has 2 atom stereocenters. The van der Waals surface area contributed by atoms with Crippen LogP contribution in [0.2, 0.25) is 0 Å². The van der Waals surface area contributed by atoms with Crippen LogP contribution in [0.1, 0.15) is 78.6 Å². The summed E-state index contributed by atoms with van der Waals surface area (Å²) in [6.07, 6.45) is 12.5. The summed E-state index contributed by atoms with van der Waals surface area (Å²) >= 11 is 3.84. The van der Waals surface area contributed by atoms with Gasteiger partial charge in [0, 0.05) is 4.83 Å². The quantitative estimate of drug-likeness (QED) is 0.342. The van der Waals surface area contributed by atoms with Gasteiger partial charge in [-0.2, -0.15) is 0 Å². The summed E-state index contributed by atoms with van der Waals surface area (Å²) in [5, 5.41) is 0. The van der Waals surface area contributed by atoms with E-state index in [2.05, 4.69) is 36.7 Å². The molecule has 0 saturated heterocycles. The number of rotatable bonds is 10. The molecule has 0 aromatic carbocycles. The molecule has 0 bridgehead atoms. The van der Waals surface area contributed by atoms with Crippen LogP contribution in [0.5, 0.6) is 0 Å². The summed E-state index contributed by atoms with van der Waals surface area (Å²) in [6.45, 7) is 6.95. The Kier molecular flexibility index (Phi) is 11.3. The van der Waals surface area contributed by atoms with Crippen molar-refractivity contribution in [3.05, 3.63) is 0 Å². The molecule has 0 amide bonds. The molecular weight excluding hydrogens is 248 g/mol. The highest BCUT2D eigenvalue weighted by Gasteiger charge is 2.12. The molecular formula is C14H29Br. The number of hydrogen-bond donors (Lipinski definition) is 0. The minimum absolute atomic E-state index is 0.755. The second kappa shape index (κ2) is 11.0. The minimum atomic E-state index is 0.755. The van der Waals surface area contributed by atoms with E-state index in [1.165, 1.54) is 57.8 Å². The van der Waals surface area contributed by atoms with E-state index in [1.807, 2.05) is 0 Å². The zero-order valence-corrected chi connectivity index (χ0v) is 12.5. The Hall–Kier alpha value is 0.480. The van der Waals surface area contributed by atoms with Crippen LogP contribution in [0.3, 0.4) is 0 Å². The van der Waals surface area contributed by atoms with Crippen molar-refractivity contribution >= 4 is 15.9 Å². The number of hydrogen-bond acceptors (Lipinski definition) is 0. The Labute approximate surface area is 105 Å². The fourth-order valence-corrected chi connectivity index (χ4v) is 2.54. The van der Waals surface area contributed by atoms with E-state index in [0.29, 0.717) is 0 Å². The molecule has 2 unspecified atom stereocenters. The average molecular weight is 277 g/mol. The van der Waals surface area contributed by atoms with Gasteiger partial charge < -0.3 is 0 Å². The Morgan fingerprint density at radius 3 is 1.93 bits per heavy atom. The van der Waals surface area contributed by atoms with E-state index in [9.17, 15) is 0 Å². The van der Waals surface area contributed by atoms with Crippen LogP contribution in [0.25, 0.3) is 0 Å². The molecule has 0 radical (unpaired) electrons. The fraction of sp³-hybridized carbons (Fsp3) is 1.00. The third kappa shape index (κ3) is 9.41. The first-order valence-corrected chi connectivity index (χ1v) is 7.78. The van der Waals surface area contributed by atoms with E-state index >= 15 is 0 Å². The monoisotopic (exact) mass is 276 g/mol. The predicted molar refractivity (Wildman–Crippen MR) is 74.8 cm³/mol. The van der Waals surface area contributed by atoms with Crippen LogP contribution in [0.4, 0.5) is 0 Å². The standard InChI is InChI=1S/C14H29Br/c1-4-6-8-10-11-13(3)14(15)12-9-7-5-2/h13-14H,4-12H2,1-3H3. The Morgan fingerprint density at radius 2 is 1.33 bits per heavy atom. The molecule has 15 heavy (non-hydrogen) atoms. The molecule has 0 aliphatic heterocycles. The van der Waals surface area contributed by atoms with E-state index < -0.39 is 0 Å². The number of alkyl halides is 1. The molecule has 0 fully saturated rings. The van der Waals surface area contributed by atoms with Crippen molar-refractivity contribution in [2.24, 2.45) is 5.92 Å². The minimum Gasteiger partial charge on any atom is -0.0888 e. The van der Waals surface area contributed by atoms with Crippen molar-refractivity contribution in [2.75, 3.05) is 0 Å². The van der Waals surface area contributed by atoms with Gasteiger partial charge in [0.15, 0.2) is 0 Å². The molecule has 0 aliphatic carbocycles. The highest BCUT2D eigenvalue weighted by molar-refractivity contribution is 9.09. The number of halogens is 1. The van der Waals surface area contributed by atoms with Crippen LogP contribution < -0.4 is 0 Å². The molecule has 0 nitrogen and oxygen atoms in total. The van der Waals surface area contributed by atoms with Crippen molar-refractivity contribution in [2.45, 2.75) is 83.4 Å². The highest BCUT2D eigenvalue weighted by Crippen LogP contribution is 2.24. The van der Waals surface area contributed by atoms with Gasteiger partial charge in [0.05, 0.1) is 0 Å². The number of unbranched alkanes of at least 4 members (excludes halogenated alkanes) is 5. The molecule has 0 rings (SSSR count). The second-order valence-electron chi connectivity index (χ2n) is 4.84. The molecule has 0 spiro atoms. The van der Waals surface area contributed by atoms with Gasteiger partial charge in [0.1, 0.15) is 0 Å². The maximum atomic E-state index is 3.84. The second-order valence-corrected chi connectivity index (χ2v) is 6.01. The first-order valence-electron chi connectivity index (χ1n) is 6.86.